The Labute approximate surface area is 142 Å². The van der Waals surface area contributed by atoms with Gasteiger partial charge >= 0.3 is 6.36 Å². The Morgan fingerprint density at radius 2 is 1.84 bits per heavy atom. The van der Waals surface area contributed by atoms with Crippen LogP contribution in [0.1, 0.15) is 18.1 Å². The van der Waals surface area contributed by atoms with Gasteiger partial charge in [0, 0.05) is 0 Å². The fourth-order valence-corrected chi connectivity index (χ4v) is 2.66. The van der Waals surface area contributed by atoms with Crippen LogP contribution in [0.25, 0.3) is 0 Å². The molecule has 4 nitrogen and oxygen atoms in total. The van der Waals surface area contributed by atoms with E-state index < -0.39 is 12.5 Å². The van der Waals surface area contributed by atoms with Gasteiger partial charge < -0.3 is 14.4 Å². The summed E-state index contributed by atoms with van der Waals surface area (Å²) < 4.78 is 46.1. The summed E-state index contributed by atoms with van der Waals surface area (Å²) >= 11 is 0. The first-order valence-electron chi connectivity index (χ1n) is 7.66. The molecular weight excluding hydrogens is 335 g/mol. The molecule has 1 heterocycles. The quantitative estimate of drug-likeness (QED) is 0.832. The average molecular weight is 351 g/mol. The molecule has 3 rings (SSSR count). The zero-order valence-corrected chi connectivity index (χ0v) is 13.6. The topological polar surface area (TPSA) is 38.8 Å². The highest BCUT2D eigenvalue weighted by Gasteiger charge is 2.32. The van der Waals surface area contributed by atoms with Crippen molar-refractivity contribution in [2.75, 3.05) is 4.90 Å². The molecule has 1 amide bonds. The van der Waals surface area contributed by atoms with Crippen molar-refractivity contribution >= 4 is 11.6 Å². The molecule has 1 aliphatic rings. The number of carbonyl (C=O) groups excluding carboxylic acids is 1. The normalized spacial score (nSPS) is 17.1. The molecule has 2 aromatic carbocycles. The van der Waals surface area contributed by atoms with Crippen molar-refractivity contribution in [3.05, 3.63) is 53.6 Å². The van der Waals surface area contributed by atoms with E-state index in [2.05, 4.69) is 4.74 Å². The lowest BCUT2D eigenvalue weighted by molar-refractivity contribution is -0.274. The van der Waals surface area contributed by atoms with Gasteiger partial charge in [-0.05, 0) is 49.2 Å². The number of halogens is 3. The predicted molar refractivity (Wildman–Crippen MR) is 85.6 cm³/mol. The Morgan fingerprint density at radius 1 is 1.16 bits per heavy atom. The number of hydrogen-bond donors (Lipinski definition) is 0. The van der Waals surface area contributed by atoms with Crippen LogP contribution >= 0.6 is 0 Å². The van der Waals surface area contributed by atoms with Crippen molar-refractivity contribution in [2.45, 2.75) is 32.9 Å². The molecule has 1 atom stereocenters. The number of rotatable bonds is 3. The van der Waals surface area contributed by atoms with Crippen molar-refractivity contribution in [1.29, 1.82) is 0 Å². The minimum absolute atomic E-state index is 0.200. The third kappa shape index (κ3) is 3.87. The van der Waals surface area contributed by atoms with E-state index in [-0.39, 0.29) is 18.2 Å². The number of carbonyl (C=O) groups is 1. The van der Waals surface area contributed by atoms with E-state index in [1.807, 2.05) is 19.1 Å². The second kappa shape index (κ2) is 6.31. The van der Waals surface area contributed by atoms with Gasteiger partial charge in [0.1, 0.15) is 11.5 Å². The van der Waals surface area contributed by atoms with E-state index in [0.717, 1.165) is 5.56 Å². The van der Waals surface area contributed by atoms with E-state index in [1.54, 1.807) is 17.9 Å². The molecule has 7 heteroatoms. The number of alkyl halides is 3. The number of fused-ring (bicyclic) bond motifs is 1. The second-order valence-electron chi connectivity index (χ2n) is 5.85. The smallest absolute Gasteiger partial charge is 0.479 e. The monoisotopic (exact) mass is 351 g/mol. The van der Waals surface area contributed by atoms with Crippen molar-refractivity contribution in [3.8, 4) is 11.5 Å². The largest absolute Gasteiger partial charge is 0.573 e. The van der Waals surface area contributed by atoms with Crippen molar-refractivity contribution in [3.63, 3.8) is 0 Å². The summed E-state index contributed by atoms with van der Waals surface area (Å²) in [6, 6.07) is 11.0. The summed E-state index contributed by atoms with van der Waals surface area (Å²) in [5, 5.41) is 0. The van der Waals surface area contributed by atoms with Crippen LogP contribution in [0.3, 0.4) is 0 Å². The lowest BCUT2D eigenvalue weighted by Crippen LogP contribution is -2.44. The van der Waals surface area contributed by atoms with Crippen LogP contribution in [0.5, 0.6) is 11.5 Å². The summed E-state index contributed by atoms with van der Waals surface area (Å²) in [6.45, 7) is 3.80. The molecule has 0 aliphatic carbocycles. The number of anilines is 1. The van der Waals surface area contributed by atoms with Gasteiger partial charge in [0.25, 0.3) is 5.91 Å². The van der Waals surface area contributed by atoms with Crippen LogP contribution < -0.4 is 14.4 Å². The molecule has 132 valence electrons. The van der Waals surface area contributed by atoms with Crippen LogP contribution in [0.4, 0.5) is 18.9 Å². The highest BCUT2D eigenvalue weighted by molar-refractivity contribution is 5.99. The van der Waals surface area contributed by atoms with E-state index in [1.165, 1.54) is 24.3 Å². The fraction of sp³-hybridized carbons (Fsp3) is 0.278. The third-order valence-electron chi connectivity index (χ3n) is 3.82. The van der Waals surface area contributed by atoms with Gasteiger partial charge in [-0.1, -0.05) is 18.2 Å². The van der Waals surface area contributed by atoms with Gasteiger partial charge in [0.05, 0.1) is 12.2 Å². The molecule has 0 saturated carbocycles. The molecule has 2 aromatic rings. The van der Waals surface area contributed by atoms with Gasteiger partial charge in [0.15, 0.2) is 6.10 Å². The Bertz CT molecular complexity index is 787. The molecule has 0 spiro atoms. The first-order chi connectivity index (χ1) is 11.7. The maximum Gasteiger partial charge on any atom is 0.573 e. The molecule has 0 saturated heterocycles. The minimum Gasteiger partial charge on any atom is -0.479 e. The number of ether oxygens (including phenoxy) is 2. The van der Waals surface area contributed by atoms with Crippen molar-refractivity contribution < 1.29 is 27.4 Å². The summed E-state index contributed by atoms with van der Waals surface area (Å²) in [5.41, 5.74) is 2.31. The summed E-state index contributed by atoms with van der Waals surface area (Å²) in [6.07, 6.45) is -5.35. The second-order valence-corrected chi connectivity index (χ2v) is 5.85. The molecule has 0 radical (unpaired) electrons. The minimum atomic E-state index is -4.73. The predicted octanol–water partition coefficient (Wildman–Crippen LogP) is 4.21. The van der Waals surface area contributed by atoms with E-state index in [0.29, 0.717) is 17.0 Å². The van der Waals surface area contributed by atoms with Gasteiger partial charge in [-0.25, -0.2) is 0 Å². The molecule has 0 bridgehead atoms. The van der Waals surface area contributed by atoms with Crippen LogP contribution in [-0.2, 0) is 11.3 Å². The molecule has 0 fully saturated rings. The molecule has 1 aliphatic heterocycles. The van der Waals surface area contributed by atoms with Crippen LogP contribution in [-0.4, -0.2) is 18.4 Å². The maximum absolute atomic E-state index is 12.5. The SMILES string of the molecule is Cc1ccc2c(c1)N(Cc1ccc(OC(F)(F)F)cc1)C(=O)[C@@H](C)O2. The third-order valence-corrected chi connectivity index (χ3v) is 3.82. The number of nitrogens with zero attached hydrogens (tertiary/aromatic N) is 1. The summed E-state index contributed by atoms with van der Waals surface area (Å²) in [4.78, 5) is 14.1. The van der Waals surface area contributed by atoms with Gasteiger partial charge in [-0.3, -0.25) is 4.79 Å². The molecule has 25 heavy (non-hydrogen) atoms. The zero-order chi connectivity index (χ0) is 18.2. The highest BCUT2D eigenvalue weighted by Crippen LogP contribution is 2.36. The standard InChI is InChI=1S/C18H16F3NO3/c1-11-3-8-16-15(9-11)22(17(23)12(2)24-16)10-13-4-6-14(7-5-13)25-18(19,20)21/h3-9,12H,10H2,1-2H3/t12-/m1/s1. The highest BCUT2D eigenvalue weighted by atomic mass is 19.4. The molecule has 0 unspecified atom stereocenters. The van der Waals surface area contributed by atoms with Gasteiger partial charge in [-0.2, -0.15) is 0 Å². The number of amides is 1. The molecule has 0 N–H and O–H groups in total. The maximum atomic E-state index is 12.5. The first kappa shape index (κ1) is 17.1. The first-order valence-corrected chi connectivity index (χ1v) is 7.66. The Kier molecular flexibility index (Phi) is 4.32. The van der Waals surface area contributed by atoms with Crippen molar-refractivity contribution in [2.24, 2.45) is 0 Å². The lowest BCUT2D eigenvalue weighted by Gasteiger charge is -2.33. The van der Waals surface area contributed by atoms with Gasteiger partial charge in [0.2, 0.25) is 0 Å². The van der Waals surface area contributed by atoms with Crippen LogP contribution in [0.15, 0.2) is 42.5 Å². The summed E-state index contributed by atoms with van der Waals surface area (Å²) in [5.74, 6) is 0.109. The Hall–Kier alpha value is -2.70. The Morgan fingerprint density at radius 3 is 2.48 bits per heavy atom. The number of benzene rings is 2. The fourth-order valence-electron chi connectivity index (χ4n) is 2.66. The van der Waals surface area contributed by atoms with E-state index in [4.69, 9.17) is 4.74 Å². The van der Waals surface area contributed by atoms with Crippen LogP contribution in [0, 0.1) is 6.92 Å². The number of hydrogen-bond acceptors (Lipinski definition) is 3. The zero-order valence-electron chi connectivity index (χ0n) is 13.6. The van der Waals surface area contributed by atoms with E-state index in [9.17, 15) is 18.0 Å². The van der Waals surface area contributed by atoms with Crippen molar-refractivity contribution in [1.82, 2.24) is 0 Å². The molecular formula is C18H16F3NO3. The van der Waals surface area contributed by atoms with Crippen LogP contribution in [0.2, 0.25) is 0 Å². The van der Waals surface area contributed by atoms with E-state index >= 15 is 0 Å². The Balaban J connectivity index is 1.84. The van der Waals surface area contributed by atoms with Gasteiger partial charge in [-0.15, -0.1) is 13.2 Å². The summed E-state index contributed by atoms with van der Waals surface area (Å²) in [7, 11) is 0. The lowest BCUT2D eigenvalue weighted by atomic mass is 10.1. The average Bonchev–Trinajstić information content (AvgIpc) is 2.53. The molecule has 0 aromatic heterocycles. The number of aryl methyl sites for hydroxylation is 1.